The molecule has 4 heterocycles. The molecule has 0 radical (unpaired) electrons. The number of fused-ring (bicyclic) bond motifs is 1. The van der Waals surface area contributed by atoms with Gasteiger partial charge in [-0.15, -0.1) is 0 Å². The minimum absolute atomic E-state index is 0.144. The smallest absolute Gasteiger partial charge is 0.139 e. The van der Waals surface area contributed by atoms with Gasteiger partial charge in [-0.05, 0) is 43.5 Å². The van der Waals surface area contributed by atoms with Gasteiger partial charge in [0.05, 0.1) is 12.1 Å². The molecular weight excluding hydrogens is 352 g/mol. The highest BCUT2D eigenvalue weighted by Crippen LogP contribution is 2.29. The molecule has 28 heavy (non-hydrogen) atoms. The molecule has 5 rings (SSSR count). The van der Waals surface area contributed by atoms with Crippen molar-refractivity contribution in [3.05, 3.63) is 54.2 Å². The Morgan fingerprint density at radius 1 is 0.964 bits per heavy atom. The minimum atomic E-state index is 0.144. The molecule has 2 fully saturated rings. The van der Waals surface area contributed by atoms with E-state index in [1.54, 1.807) is 6.33 Å². The van der Waals surface area contributed by atoms with Gasteiger partial charge in [-0.2, -0.15) is 0 Å². The van der Waals surface area contributed by atoms with Crippen LogP contribution in [-0.4, -0.2) is 47.7 Å². The van der Waals surface area contributed by atoms with Crippen molar-refractivity contribution in [3.63, 3.8) is 0 Å². The Hall–Kier alpha value is -2.44. The SMILES string of the molecule is c1ccc2c(N3CCN(Cc4ccc([C@H]5CCCCO5)o4)CC3)ncnc2c1. The number of piperazine rings is 1. The molecule has 2 saturated heterocycles. The molecule has 0 aliphatic carbocycles. The van der Waals surface area contributed by atoms with Gasteiger partial charge in [0, 0.05) is 38.2 Å². The molecule has 1 atom stereocenters. The van der Waals surface area contributed by atoms with Crippen LogP contribution in [0.25, 0.3) is 10.9 Å². The predicted molar refractivity (Wildman–Crippen MR) is 108 cm³/mol. The van der Waals surface area contributed by atoms with Crippen molar-refractivity contribution in [2.75, 3.05) is 37.7 Å². The van der Waals surface area contributed by atoms with Gasteiger partial charge in [0.15, 0.2) is 0 Å². The van der Waals surface area contributed by atoms with E-state index in [9.17, 15) is 0 Å². The molecule has 6 heteroatoms. The summed E-state index contributed by atoms with van der Waals surface area (Å²) in [5.74, 6) is 3.06. The molecule has 146 valence electrons. The largest absolute Gasteiger partial charge is 0.462 e. The van der Waals surface area contributed by atoms with Crippen LogP contribution in [0.1, 0.15) is 36.9 Å². The Morgan fingerprint density at radius 3 is 2.71 bits per heavy atom. The van der Waals surface area contributed by atoms with Crippen molar-refractivity contribution in [3.8, 4) is 0 Å². The molecule has 0 N–H and O–H groups in total. The molecular formula is C22H26N4O2. The molecule has 2 aliphatic rings. The zero-order valence-electron chi connectivity index (χ0n) is 16.1. The van der Waals surface area contributed by atoms with Crippen LogP contribution in [0.3, 0.4) is 0 Å². The minimum Gasteiger partial charge on any atom is -0.462 e. The van der Waals surface area contributed by atoms with Gasteiger partial charge < -0.3 is 14.1 Å². The number of hydrogen-bond donors (Lipinski definition) is 0. The predicted octanol–water partition coefficient (Wildman–Crippen LogP) is 3.79. The normalized spacial score (nSPS) is 21.3. The van der Waals surface area contributed by atoms with Crippen LogP contribution in [0.4, 0.5) is 5.82 Å². The fourth-order valence-electron chi connectivity index (χ4n) is 4.20. The van der Waals surface area contributed by atoms with E-state index in [0.717, 1.165) is 80.4 Å². The molecule has 2 aliphatic heterocycles. The number of hydrogen-bond acceptors (Lipinski definition) is 6. The summed E-state index contributed by atoms with van der Waals surface area (Å²) >= 11 is 0. The summed E-state index contributed by atoms with van der Waals surface area (Å²) < 4.78 is 11.9. The number of nitrogens with zero attached hydrogens (tertiary/aromatic N) is 4. The van der Waals surface area contributed by atoms with Gasteiger partial charge in [-0.3, -0.25) is 4.90 Å². The number of rotatable bonds is 4. The zero-order valence-corrected chi connectivity index (χ0v) is 16.1. The Morgan fingerprint density at radius 2 is 1.86 bits per heavy atom. The third-order valence-electron chi connectivity index (χ3n) is 5.75. The molecule has 2 aromatic heterocycles. The lowest BCUT2D eigenvalue weighted by Crippen LogP contribution is -2.46. The first-order chi connectivity index (χ1) is 13.9. The van der Waals surface area contributed by atoms with Crippen LogP contribution >= 0.6 is 0 Å². The van der Waals surface area contributed by atoms with Crippen LogP contribution < -0.4 is 4.90 Å². The van der Waals surface area contributed by atoms with E-state index in [0.29, 0.717) is 0 Å². The van der Waals surface area contributed by atoms with Gasteiger partial charge in [-0.1, -0.05) is 12.1 Å². The third-order valence-corrected chi connectivity index (χ3v) is 5.75. The Kier molecular flexibility index (Phi) is 4.97. The van der Waals surface area contributed by atoms with Crippen molar-refractivity contribution < 1.29 is 9.15 Å². The maximum atomic E-state index is 6.09. The summed E-state index contributed by atoms with van der Waals surface area (Å²) in [6.45, 7) is 5.61. The molecule has 0 amide bonds. The molecule has 0 unspecified atom stereocenters. The lowest BCUT2D eigenvalue weighted by atomic mass is 10.1. The van der Waals surface area contributed by atoms with Crippen molar-refractivity contribution in [1.82, 2.24) is 14.9 Å². The van der Waals surface area contributed by atoms with E-state index in [1.165, 1.54) is 6.42 Å². The van der Waals surface area contributed by atoms with E-state index in [1.807, 2.05) is 12.1 Å². The summed E-state index contributed by atoms with van der Waals surface area (Å²) in [7, 11) is 0. The molecule has 0 saturated carbocycles. The lowest BCUT2D eigenvalue weighted by Gasteiger charge is -2.35. The van der Waals surface area contributed by atoms with Crippen LogP contribution in [0.15, 0.2) is 47.1 Å². The molecule has 6 nitrogen and oxygen atoms in total. The maximum absolute atomic E-state index is 6.09. The van der Waals surface area contributed by atoms with E-state index in [2.05, 4.69) is 44.0 Å². The first-order valence-corrected chi connectivity index (χ1v) is 10.2. The summed E-state index contributed by atoms with van der Waals surface area (Å²) in [6.07, 6.45) is 5.27. The molecule has 0 bridgehead atoms. The van der Waals surface area contributed by atoms with Crippen LogP contribution in [0.2, 0.25) is 0 Å². The van der Waals surface area contributed by atoms with Gasteiger partial charge in [0.1, 0.15) is 29.8 Å². The maximum Gasteiger partial charge on any atom is 0.139 e. The third kappa shape index (κ3) is 3.62. The second-order valence-corrected chi connectivity index (χ2v) is 7.64. The van der Waals surface area contributed by atoms with Crippen molar-refractivity contribution >= 4 is 16.7 Å². The van der Waals surface area contributed by atoms with Gasteiger partial charge in [0.2, 0.25) is 0 Å². The topological polar surface area (TPSA) is 54.6 Å². The van der Waals surface area contributed by atoms with Gasteiger partial charge in [0.25, 0.3) is 0 Å². The summed E-state index contributed by atoms with van der Waals surface area (Å²) in [5, 5.41) is 1.13. The highest BCUT2D eigenvalue weighted by Gasteiger charge is 2.23. The number of aromatic nitrogens is 2. The van der Waals surface area contributed by atoms with E-state index >= 15 is 0 Å². The average Bonchev–Trinajstić information content (AvgIpc) is 3.23. The number of furan rings is 1. The quantitative estimate of drug-likeness (QED) is 0.689. The number of benzene rings is 1. The van der Waals surface area contributed by atoms with E-state index < -0.39 is 0 Å². The number of ether oxygens (including phenoxy) is 1. The molecule has 3 aromatic rings. The summed E-state index contributed by atoms with van der Waals surface area (Å²) in [5.41, 5.74) is 1.00. The van der Waals surface area contributed by atoms with E-state index in [4.69, 9.17) is 9.15 Å². The van der Waals surface area contributed by atoms with Gasteiger partial charge >= 0.3 is 0 Å². The average molecular weight is 378 g/mol. The molecule has 1 aromatic carbocycles. The fraction of sp³-hybridized carbons (Fsp3) is 0.455. The van der Waals surface area contributed by atoms with Crippen molar-refractivity contribution in [1.29, 1.82) is 0 Å². The monoisotopic (exact) mass is 378 g/mol. The second-order valence-electron chi connectivity index (χ2n) is 7.64. The lowest BCUT2D eigenvalue weighted by molar-refractivity contribution is 0.000833. The van der Waals surface area contributed by atoms with Crippen LogP contribution in [-0.2, 0) is 11.3 Å². The Balaban J connectivity index is 1.21. The van der Waals surface area contributed by atoms with Gasteiger partial charge in [-0.25, -0.2) is 9.97 Å². The fourth-order valence-corrected chi connectivity index (χ4v) is 4.20. The Bertz CT molecular complexity index is 922. The highest BCUT2D eigenvalue weighted by molar-refractivity contribution is 5.89. The number of para-hydroxylation sites is 1. The zero-order chi connectivity index (χ0) is 18.8. The summed E-state index contributed by atoms with van der Waals surface area (Å²) in [6, 6.07) is 12.4. The van der Waals surface area contributed by atoms with Crippen molar-refractivity contribution in [2.24, 2.45) is 0 Å². The van der Waals surface area contributed by atoms with Crippen LogP contribution in [0.5, 0.6) is 0 Å². The summed E-state index contributed by atoms with van der Waals surface area (Å²) in [4.78, 5) is 13.7. The first kappa shape index (κ1) is 17.6. The highest BCUT2D eigenvalue weighted by atomic mass is 16.5. The number of anilines is 1. The van der Waals surface area contributed by atoms with Crippen molar-refractivity contribution in [2.45, 2.75) is 31.9 Å². The van der Waals surface area contributed by atoms with Crippen LogP contribution in [0, 0.1) is 0 Å². The van der Waals surface area contributed by atoms with E-state index in [-0.39, 0.29) is 6.10 Å². The first-order valence-electron chi connectivity index (χ1n) is 10.2. The Labute approximate surface area is 165 Å². The molecule has 0 spiro atoms. The second kappa shape index (κ2) is 7.89. The standard InChI is InChI=1S/C22H26N4O2/c1-2-6-19-18(5-1)22(24-16-23-19)26-12-10-25(11-13-26)15-17-8-9-21(28-17)20-7-3-4-14-27-20/h1-2,5-6,8-9,16,20H,3-4,7,10-15H2/t20-/m1/s1.